The van der Waals surface area contributed by atoms with E-state index >= 15 is 0 Å². The first-order valence-corrected chi connectivity index (χ1v) is 5.88. The van der Waals surface area contributed by atoms with Crippen LogP contribution in [0.2, 0.25) is 0 Å². The van der Waals surface area contributed by atoms with E-state index in [4.69, 9.17) is 5.84 Å². The molecule has 0 aliphatic rings. The number of hydrogen-bond donors (Lipinski definition) is 2. The third kappa shape index (κ3) is 3.89. The minimum atomic E-state index is -0.240. The van der Waals surface area contributed by atoms with Crippen molar-refractivity contribution in [3.05, 3.63) is 34.1 Å². The van der Waals surface area contributed by atoms with Crippen LogP contribution in [0.5, 0.6) is 0 Å². The van der Waals surface area contributed by atoms with Crippen LogP contribution >= 0.6 is 15.9 Å². The molecular formula is C11H16BrFN2. The largest absolute Gasteiger partial charge is 0.271 e. The molecule has 0 spiro atoms. The lowest BCUT2D eigenvalue weighted by Crippen LogP contribution is -2.28. The molecule has 0 fully saturated rings. The Hall–Kier alpha value is -0.450. The van der Waals surface area contributed by atoms with Crippen LogP contribution in [0, 0.1) is 5.82 Å². The quantitative estimate of drug-likeness (QED) is 0.639. The highest BCUT2D eigenvalue weighted by molar-refractivity contribution is 9.10. The molecule has 2 nitrogen and oxygen atoms in total. The van der Waals surface area contributed by atoms with Crippen LogP contribution in [0.15, 0.2) is 22.7 Å². The predicted molar refractivity (Wildman–Crippen MR) is 63.7 cm³/mol. The van der Waals surface area contributed by atoms with Crippen LogP contribution in [0.3, 0.4) is 0 Å². The summed E-state index contributed by atoms with van der Waals surface area (Å²) in [7, 11) is 0. The molecule has 0 bridgehead atoms. The fraction of sp³-hybridized carbons (Fsp3) is 0.455. The summed E-state index contributed by atoms with van der Waals surface area (Å²) in [4.78, 5) is 0. The maximum atomic E-state index is 13.1. The Morgan fingerprint density at radius 3 is 2.73 bits per heavy atom. The molecule has 0 aromatic heterocycles. The molecule has 84 valence electrons. The van der Waals surface area contributed by atoms with E-state index < -0.39 is 0 Å². The van der Waals surface area contributed by atoms with Crippen molar-refractivity contribution >= 4 is 15.9 Å². The number of hydrogen-bond acceptors (Lipinski definition) is 2. The number of unbranched alkanes of at least 4 members (excludes halogenated alkanes) is 1. The second-order valence-electron chi connectivity index (χ2n) is 3.56. The van der Waals surface area contributed by atoms with Gasteiger partial charge in [0.15, 0.2) is 0 Å². The lowest BCUT2D eigenvalue weighted by Gasteiger charge is -2.16. The monoisotopic (exact) mass is 274 g/mol. The van der Waals surface area contributed by atoms with Gasteiger partial charge in [0.1, 0.15) is 5.82 Å². The van der Waals surface area contributed by atoms with Gasteiger partial charge >= 0.3 is 0 Å². The van der Waals surface area contributed by atoms with Gasteiger partial charge in [0.05, 0.1) is 0 Å². The zero-order valence-electron chi connectivity index (χ0n) is 8.76. The van der Waals surface area contributed by atoms with Crippen LogP contribution in [0.4, 0.5) is 4.39 Å². The van der Waals surface area contributed by atoms with E-state index in [0.717, 1.165) is 29.3 Å². The molecule has 0 aliphatic heterocycles. The molecule has 3 N–H and O–H groups in total. The summed E-state index contributed by atoms with van der Waals surface area (Å²) in [5.74, 6) is 5.22. The van der Waals surface area contributed by atoms with Gasteiger partial charge in [-0.3, -0.25) is 11.3 Å². The van der Waals surface area contributed by atoms with E-state index in [-0.39, 0.29) is 11.9 Å². The number of hydrazine groups is 1. The molecular weight excluding hydrogens is 259 g/mol. The summed E-state index contributed by atoms with van der Waals surface area (Å²) in [6.07, 6.45) is 3.10. The molecule has 15 heavy (non-hydrogen) atoms. The lowest BCUT2D eigenvalue weighted by atomic mass is 10.0. The van der Waals surface area contributed by atoms with Gasteiger partial charge in [-0.25, -0.2) is 4.39 Å². The maximum absolute atomic E-state index is 13.1. The minimum Gasteiger partial charge on any atom is -0.271 e. The van der Waals surface area contributed by atoms with Crippen LogP contribution < -0.4 is 11.3 Å². The Balaban J connectivity index is 2.81. The molecule has 1 rings (SSSR count). The fourth-order valence-electron chi connectivity index (χ4n) is 1.53. The molecule has 0 radical (unpaired) electrons. The standard InChI is InChI=1S/C11H16BrFN2/c1-2-3-4-11(15-14)8-5-9(12)7-10(13)6-8/h5-7,11,15H,2-4,14H2,1H3. The number of benzene rings is 1. The Labute approximate surface area is 98.1 Å². The minimum absolute atomic E-state index is 0.0250. The summed E-state index contributed by atoms with van der Waals surface area (Å²) in [6.45, 7) is 2.12. The van der Waals surface area contributed by atoms with Gasteiger partial charge in [0.25, 0.3) is 0 Å². The number of nitrogens with two attached hydrogens (primary N) is 1. The zero-order chi connectivity index (χ0) is 11.3. The molecule has 1 aromatic rings. The molecule has 0 amide bonds. The average Bonchev–Trinajstić information content (AvgIpc) is 2.17. The number of rotatable bonds is 5. The smallest absolute Gasteiger partial charge is 0.124 e. The summed E-state index contributed by atoms with van der Waals surface area (Å²) in [5, 5.41) is 0. The van der Waals surface area contributed by atoms with Gasteiger partial charge in [-0.1, -0.05) is 35.7 Å². The molecule has 0 saturated heterocycles. The van der Waals surface area contributed by atoms with E-state index in [1.165, 1.54) is 12.1 Å². The van der Waals surface area contributed by atoms with Gasteiger partial charge in [0, 0.05) is 10.5 Å². The van der Waals surface area contributed by atoms with Crippen molar-refractivity contribution in [2.45, 2.75) is 32.2 Å². The average molecular weight is 275 g/mol. The molecule has 0 saturated carbocycles. The van der Waals surface area contributed by atoms with E-state index in [0.29, 0.717) is 0 Å². The van der Waals surface area contributed by atoms with Crippen molar-refractivity contribution in [1.29, 1.82) is 0 Å². The van der Waals surface area contributed by atoms with E-state index in [1.807, 2.05) is 6.07 Å². The van der Waals surface area contributed by atoms with Gasteiger partial charge in [-0.15, -0.1) is 0 Å². The first-order chi connectivity index (χ1) is 7.17. The first-order valence-electron chi connectivity index (χ1n) is 5.09. The third-order valence-corrected chi connectivity index (χ3v) is 2.79. The SMILES string of the molecule is CCCCC(NN)c1cc(F)cc(Br)c1. The molecule has 0 aliphatic carbocycles. The summed E-state index contributed by atoms with van der Waals surface area (Å²) < 4.78 is 13.9. The highest BCUT2D eigenvalue weighted by atomic mass is 79.9. The van der Waals surface area contributed by atoms with Crippen molar-refractivity contribution in [1.82, 2.24) is 5.43 Å². The third-order valence-electron chi connectivity index (χ3n) is 2.33. The highest BCUT2D eigenvalue weighted by Crippen LogP contribution is 2.23. The zero-order valence-corrected chi connectivity index (χ0v) is 10.3. The Morgan fingerprint density at radius 1 is 1.47 bits per heavy atom. The topological polar surface area (TPSA) is 38.0 Å². The highest BCUT2D eigenvalue weighted by Gasteiger charge is 2.10. The fourth-order valence-corrected chi connectivity index (χ4v) is 2.01. The second-order valence-corrected chi connectivity index (χ2v) is 4.48. The number of halogens is 2. The van der Waals surface area contributed by atoms with Crippen LogP contribution in [-0.2, 0) is 0 Å². The Morgan fingerprint density at radius 2 is 2.20 bits per heavy atom. The lowest BCUT2D eigenvalue weighted by molar-refractivity contribution is 0.491. The Bertz CT molecular complexity index is 297. The number of nitrogens with one attached hydrogen (secondary N) is 1. The molecule has 0 heterocycles. The van der Waals surface area contributed by atoms with Crippen LogP contribution in [0.1, 0.15) is 37.8 Å². The van der Waals surface area contributed by atoms with Crippen molar-refractivity contribution in [3.63, 3.8) is 0 Å². The van der Waals surface area contributed by atoms with E-state index in [9.17, 15) is 4.39 Å². The van der Waals surface area contributed by atoms with E-state index in [1.54, 1.807) is 0 Å². The van der Waals surface area contributed by atoms with Gasteiger partial charge < -0.3 is 0 Å². The van der Waals surface area contributed by atoms with Crippen molar-refractivity contribution in [3.8, 4) is 0 Å². The Kier molecular flexibility index (Phi) is 5.22. The predicted octanol–water partition coefficient (Wildman–Crippen LogP) is 3.28. The summed E-state index contributed by atoms with van der Waals surface area (Å²) in [5.41, 5.74) is 3.61. The van der Waals surface area contributed by atoms with Crippen LogP contribution in [0.25, 0.3) is 0 Å². The van der Waals surface area contributed by atoms with Crippen molar-refractivity contribution < 1.29 is 4.39 Å². The first kappa shape index (κ1) is 12.6. The molecule has 1 atom stereocenters. The normalized spacial score (nSPS) is 12.8. The van der Waals surface area contributed by atoms with Gasteiger partial charge in [-0.05, 0) is 30.2 Å². The van der Waals surface area contributed by atoms with Gasteiger partial charge in [0.2, 0.25) is 0 Å². The second kappa shape index (κ2) is 6.20. The molecule has 1 aromatic carbocycles. The molecule has 1 unspecified atom stereocenters. The molecule has 4 heteroatoms. The summed E-state index contributed by atoms with van der Waals surface area (Å²) in [6, 6.07) is 4.88. The maximum Gasteiger partial charge on any atom is 0.124 e. The summed E-state index contributed by atoms with van der Waals surface area (Å²) >= 11 is 3.27. The van der Waals surface area contributed by atoms with Crippen molar-refractivity contribution in [2.24, 2.45) is 5.84 Å². The van der Waals surface area contributed by atoms with Crippen LogP contribution in [-0.4, -0.2) is 0 Å². The van der Waals surface area contributed by atoms with Crippen molar-refractivity contribution in [2.75, 3.05) is 0 Å². The van der Waals surface area contributed by atoms with Gasteiger partial charge in [-0.2, -0.15) is 0 Å². The van der Waals surface area contributed by atoms with E-state index in [2.05, 4.69) is 28.3 Å².